The van der Waals surface area contributed by atoms with Crippen molar-refractivity contribution in [3.8, 4) is 0 Å². The van der Waals surface area contributed by atoms with E-state index in [-0.39, 0.29) is 17.7 Å². The van der Waals surface area contributed by atoms with E-state index in [2.05, 4.69) is 19.2 Å². The molecule has 0 amide bonds. The first kappa shape index (κ1) is 12.3. The minimum atomic E-state index is 0.0433. The van der Waals surface area contributed by atoms with Gasteiger partial charge in [-0.05, 0) is 52.4 Å². The largest absolute Gasteiger partial charge is 0.396 e. The van der Waals surface area contributed by atoms with Gasteiger partial charge in [0.15, 0.2) is 0 Å². The van der Waals surface area contributed by atoms with Crippen LogP contribution in [0, 0.1) is 0 Å². The maximum Gasteiger partial charge on any atom is 0.0697 e. The van der Waals surface area contributed by atoms with Gasteiger partial charge in [-0.3, -0.25) is 0 Å². The zero-order valence-corrected chi connectivity index (χ0v) is 10.6. The van der Waals surface area contributed by atoms with Crippen LogP contribution >= 0.6 is 0 Å². The summed E-state index contributed by atoms with van der Waals surface area (Å²) in [5, 5.41) is 12.7. The van der Waals surface area contributed by atoms with E-state index < -0.39 is 0 Å². The van der Waals surface area contributed by atoms with Gasteiger partial charge >= 0.3 is 0 Å². The molecule has 1 saturated carbocycles. The van der Waals surface area contributed by atoms with Crippen LogP contribution in [0.2, 0.25) is 0 Å². The molecule has 0 aromatic carbocycles. The van der Waals surface area contributed by atoms with Gasteiger partial charge in [0.2, 0.25) is 0 Å². The Balaban J connectivity index is 1.85. The third-order valence-corrected chi connectivity index (χ3v) is 4.09. The van der Waals surface area contributed by atoms with Crippen molar-refractivity contribution in [1.82, 2.24) is 5.32 Å². The van der Waals surface area contributed by atoms with Gasteiger partial charge in [0.1, 0.15) is 0 Å². The van der Waals surface area contributed by atoms with Crippen LogP contribution in [0.4, 0.5) is 0 Å². The van der Waals surface area contributed by atoms with Crippen molar-refractivity contribution in [1.29, 1.82) is 0 Å². The number of rotatable bonds is 4. The first-order chi connectivity index (χ1) is 7.55. The van der Waals surface area contributed by atoms with Gasteiger partial charge in [0.05, 0.1) is 5.60 Å². The van der Waals surface area contributed by atoms with Crippen molar-refractivity contribution in [2.24, 2.45) is 0 Å². The molecule has 0 radical (unpaired) electrons. The van der Waals surface area contributed by atoms with E-state index in [1.165, 1.54) is 19.3 Å². The highest BCUT2D eigenvalue weighted by Gasteiger charge is 2.43. The topological polar surface area (TPSA) is 41.5 Å². The fourth-order valence-corrected chi connectivity index (χ4v) is 2.97. The van der Waals surface area contributed by atoms with E-state index in [0.717, 1.165) is 25.9 Å². The molecule has 2 N–H and O–H groups in total. The highest BCUT2D eigenvalue weighted by Crippen LogP contribution is 2.42. The first-order valence-electron chi connectivity index (χ1n) is 6.58. The summed E-state index contributed by atoms with van der Waals surface area (Å²) >= 11 is 0. The Morgan fingerprint density at radius 2 is 2.19 bits per heavy atom. The fourth-order valence-electron chi connectivity index (χ4n) is 2.97. The van der Waals surface area contributed by atoms with Crippen molar-refractivity contribution in [3.05, 3.63) is 0 Å². The van der Waals surface area contributed by atoms with Gasteiger partial charge in [-0.2, -0.15) is 0 Å². The predicted molar refractivity (Wildman–Crippen MR) is 64.5 cm³/mol. The molecule has 1 spiro atoms. The zero-order chi connectivity index (χ0) is 11.6. The second-order valence-electron chi connectivity index (χ2n) is 6.08. The van der Waals surface area contributed by atoms with Gasteiger partial charge in [-0.1, -0.05) is 0 Å². The van der Waals surface area contributed by atoms with Gasteiger partial charge in [0.25, 0.3) is 0 Å². The predicted octanol–water partition coefficient (Wildman–Crippen LogP) is 1.84. The van der Waals surface area contributed by atoms with Crippen LogP contribution in [-0.4, -0.2) is 35.5 Å². The summed E-state index contributed by atoms with van der Waals surface area (Å²) in [6.07, 6.45) is 6.89. The van der Waals surface area contributed by atoms with Crippen LogP contribution in [0.25, 0.3) is 0 Å². The first-order valence-corrected chi connectivity index (χ1v) is 6.58. The summed E-state index contributed by atoms with van der Waals surface area (Å²) in [6, 6.07) is 0.565. The standard InChI is InChI=1S/C13H25NO2/c1-12(2,7-8-15)14-11-4-9-16-13(10-11)5-3-6-13/h11,14-15H,3-10H2,1-2H3. The van der Waals surface area contributed by atoms with Crippen molar-refractivity contribution in [3.63, 3.8) is 0 Å². The lowest BCUT2D eigenvalue weighted by atomic mass is 9.73. The van der Waals surface area contributed by atoms with E-state index >= 15 is 0 Å². The second-order valence-corrected chi connectivity index (χ2v) is 6.08. The van der Waals surface area contributed by atoms with Crippen molar-refractivity contribution >= 4 is 0 Å². The lowest BCUT2D eigenvalue weighted by Crippen LogP contribution is -2.55. The molecule has 0 aromatic heterocycles. The molecule has 2 fully saturated rings. The Hall–Kier alpha value is -0.120. The molecular weight excluding hydrogens is 202 g/mol. The van der Waals surface area contributed by atoms with Crippen LogP contribution in [0.1, 0.15) is 52.4 Å². The summed E-state index contributed by atoms with van der Waals surface area (Å²) < 4.78 is 5.92. The normalized spacial score (nSPS) is 29.1. The molecule has 2 aliphatic rings. The number of hydrogen-bond donors (Lipinski definition) is 2. The molecule has 0 aromatic rings. The Bertz CT molecular complexity index is 236. The molecule has 0 bridgehead atoms. The molecule has 1 atom stereocenters. The molecule has 2 rings (SSSR count). The summed E-state index contributed by atoms with van der Waals surface area (Å²) in [5.41, 5.74) is 0.257. The van der Waals surface area contributed by atoms with Crippen LogP contribution in [0.3, 0.4) is 0 Å². The van der Waals surface area contributed by atoms with Gasteiger partial charge in [-0.15, -0.1) is 0 Å². The molecule has 16 heavy (non-hydrogen) atoms. The monoisotopic (exact) mass is 227 g/mol. The highest BCUT2D eigenvalue weighted by molar-refractivity contribution is 4.97. The molecule has 3 heteroatoms. The Morgan fingerprint density at radius 3 is 2.75 bits per heavy atom. The van der Waals surface area contributed by atoms with Crippen LogP contribution in [-0.2, 0) is 4.74 Å². The van der Waals surface area contributed by atoms with Crippen molar-refractivity contribution in [2.45, 2.75) is 69.6 Å². The van der Waals surface area contributed by atoms with E-state index in [0.29, 0.717) is 6.04 Å². The molecule has 94 valence electrons. The second kappa shape index (κ2) is 4.63. The number of nitrogens with one attached hydrogen (secondary N) is 1. The molecule has 1 aliphatic heterocycles. The zero-order valence-electron chi connectivity index (χ0n) is 10.6. The Kier molecular flexibility index (Phi) is 3.57. The lowest BCUT2D eigenvalue weighted by molar-refractivity contribution is -0.137. The minimum Gasteiger partial charge on any atom is -0.396 e. The van der Waals surface area contributed by atoms with Crippen LogP contribution in [0.5, 0.6) is 0 Å². The SMILES string of the molecule is CC(C)(CCO)NC1CCOC2(CCC2)C1. The third kappa shape index (κ3) is 2.76. The summed E-state index contributed by atoms with van der Waals surface area (Å²) in [6.45, 7) is 5.50. The average Bonchev–Trinajstić information content (AvgIpc) is 2.14. The van der Waals surface area contributed by atoms with E-state index in [9.17, 15) is 0 Å². The number of aliphatic hydroxyl groups is 1. The minimum absolute atomic E-state index is 0.0433. The molecule has 1 aliphatic carbocycles. The van der Waals surface area contributed by atoms with Gasteiger partial charge < -0.3 is 15.2 Å². The summed E-state index contributed by atoms with van der Waals surface area (Å²) in [5.74, 6) is 0. The lowest BCUT2D eigenvalue weighted by Gasteiger charge is -2.48. The van der Waals surface area contributed by atoms with E-state index in [4.69, 9.17) is 9.84 Å². The van der Waals surface area contributed by atoms with E-state index in [1.54, 1.807) is 0 Å². The van der Waals surface area contributed by atoms with Crippen molar-refractivity contribution < 1.29 is 9.84 Å². The third-order valence-electron chi connectivity index (χ3n) is 4.09. The van der Waals surface area contributed by atoms with Crippen LogP contribution < -0.4 is 5.32 Å². The Morgan fingerprint density at radius 1 is 1.44 bits per heavy atom. The summed E-state index contributed by atoms with van der Waals surface area (Å²) in [7, 11) is 0. The summed E-state index contributed by atoms with van der Waals surface area (Å²) in [4.78, 5) is 0. The Labute approximate surface area is 98.6 Å². The molecule has 3 nitrogen and oxygen atoms in total. The van der Waals surface area contributed by atoms with Gasteiger partial charge in [-0.25, -0.2) is 0 Å². The smallest absolute Gasteiger partial charge is 0.0697 e. The number of aliphatic hydroxyl groups excluding tert-OH is 1. The highest BCUT2D eigenvalue weighted by atomic mass is 16.5. The number of hydrogen-bond acceptors (Lipinski definition) is 3. The molecular formula is C13H25NO2. The van der Waals surface area contributed by atoms with Crippen LogP contribution in [0.15, 0.2) is 0 Å². The van der Waals surface area contributed by atoms with Crippen molar-refractivity contribution in [2.75, 3.05) is 13.2 Å². The van der Waals surface area contributed by atoms with Gasteiger partial charge in [0, 0.05) is 24.8 Å². The molecule has 1 saturated heterocycles. The maximum atomic E-state index is 9.03. The maximum absolute atomic E-state index is 9.03. The molecule has 1 unspecified atom stereocenters. The van der Waals surface area contributed by atoms with E-state index in [1.807, 2.05) is 0 Å². The fraction of sp³-hybridized carbons (Fsp3) is 1.00. The number of ether oxygens (including phenoxy) is 1. The molecule has 1 heterocycles. The quantitative estimate of drug-likeness (QED) is 0.770. The average molecular weight is 227 g/mol.